The van der Waals surface area contributed by atoms with Crippen molar-refractivity contribution in [2.45, 2.75) is 25.3 Å². The Morgan fingerprint density at radius 3 is 3.06 bits per heavy atom. The molecule has 2 aromatic rings. The van der Waals surface area contributed by atoms with Gasteiger partial charge in [-0.25, -0.2) is 4.98 Å². The van der Waals surface area contributed by atoms with E-state index in [1.54, 1.807) is 0 Å². The van der Waals surface area contributed by atoms with Crippen molar-refractivity contribution in [3.63, 3.8) is 0 Å². The van der Waals surface area contributed by atoms with E-state index in [1.807, 2.05) is 24.5 Å². The quantitative estimate of drug-likeness (QED) is 0.774. The smallest absolute Gasteiger partial charge is 0.130 e. The summed E-state index contributed by atoms with van der Waals surface area (Å²) in [6.07, 6.45) is 7.64. The Bertz CT molecular complexity index is 534. The fourth-order valence-electron chi connectivity index (χ4n) is 2.63. The highest BCUT2D eigenvalue weighted by atomic mass is 35.5. The monoisotopic (exact) mass is 249 g/mol. The SMILES string of the molecule is CN1CCCCC1c1ncc2ccc(Cl)cn12. The lowest BCUT2D eigenvalue weighted by molar-refractivity contribution is 0.179. The Morgan fingerprint density at radius 2 is 2.24 bits per heavy atom. The third-order valence-corrected chi connectivity index (χ3v) is 3.81. The molecule has 1 fully saturated rings. The molecule has 1 unspecified atom stereocenters. The minimum atomic E-state index is 0.421. The normalized spacial score (nSPS) is 22.1. The number of hydrogen-bond acceptors (Lipinski definition) is 2. The average molecular weight is 250 g/mol. The standard InChI is InChI=1S/C13H16ClN3/c1-16-7-3-2-4-12(16)13-15-8-11-6-5-10(14)9-17(11)13/h5-6,8-9,12H,2-4,7H2,1H3. The Labute approximate surface area is 106 Å². The molecular weight excluding hydrogens is 234 g/mol. The maximum atomic E-state index is 6.06. The second-order valence-electron chi connectivity index (χ2n) is 4.75. The van der Waals surface area contributed by atoms with Crippen LogP contribution in [0.4, 0.5) is 0 Å². The second-order valence-corrected chi connectivity index (χ2v) is 5.19. The van der Waals surface area contributed by atoms with Gasteiger partial charge in [0, 0.05) is 6.20 Å². The summed E-state index contributed by atoms with van der Waals surface area (Å²) in [6.45, 7) is 1.15. The van der Waals surface area contributed by atoms with Gasteiger partial charge in [0.1, 0.15) is 5.82 Å². The van der Waals surface area contributed by atoms with Crippen LogP contribution in [0.5, 0.6) is 0 Å². The second kappa shape index (κ2) is 4.31. The van der Waals surface area contributed by atoms with Crippen molar-refractivity contribution in [1.29, 1.82) is 0 Å². The summed E-state index contributed by atoms with van der Waals surface area (Å²) in [6, 6.07) is 4.35. The van der Waals surface area contributed by atoms with Crippen molar-refractivity contribution >= 4 is 17.1 Å². The van der Waals surface area contributed by atoms with Gasteiger partial charge in [0.05, 0.1) is 22.8 Å². The van der Waals surface area contributed by atoms with E-state index in [1.165, 1.54) is 19.3 Å². The molecule has 1 saturated heterocycles. The maximum Gasteiger partial charge on any atom is 0.130 e. The number of nitrogens with zero attached hydrogens (tertiary/aromatic N) is 3. The van der Waals surface area contributed by atoms with E-state index in [4.69, 9.17) is 11.6 Å². The third kappa shape index (κ3) is 1.94. The van der Waals surface area contributed by atoms with Crippen LogP contribution in [0.15, 0.2) is 24.5 Å². The maximum absolute atomic E-state index is 6.06. The van der Waals surface area contributed by atoms with Gasteiger partial charge in [0.25, 0.3) is 0 Å². The molecule has 0 saturated carbocycles. The van der Waals surface area contributed by atoms with Gasteiger partial charge in [-0.15, -0.1) is 0 Å². The van der Waals surface area contributed by atoms with Crippen molar-refractivity contribution < 1.29 is 0 Å². The summed E-state index contributed by atoms with van der Waals surface area (Å²) >= 11 is 6.06. The van der Waals surface area contributed by atoms with Crippen LogP contribution in [0.25, 0.3) is 5.52 Å². The van der Waals surface area contributed by atoms with E-state index in [2.05, 4.69) is 21.3 Å². The molecular formula is C13H16ClN3. The number of likely N-dealkylation sites (tertiary alicyclic amines) is 1. The van der Waals surface area contributed by atoms with Crippen molar-refractivity contribution in [2.24, 2.45) is 0 Å². The van der Waals surface area contributed by atoms with Crippen LogP contribution < -0.4 is 0 Å². The first-order valence-electron chi connectivity index (χ1n) is 6.08. The fourth-order valence-corrected chi connectivity index (χ4v) is 2.79. The molecule has 1 aliphatic heterocycles. The van der Waals surface area contributed by atoms with E-state index in [9.17, 15) is 0 Å². The van der Waals surface area contributed by atoms with Crippen molar-refractivity contribution in [3.05, 3.63) is 35.4 Å². The Hall–Kier alpha value is -1.06. The topological polar surface area (TPSA) is 20.5 Å². The molecule has 3 rings (SSSR count). The minimum Gasteiger partial charge on any atom is -0.301 e. The molecule has 1 aliphatic rings. The molecule has 0 aromatic carbocycles. The molecule has 17 heavy (non-hydrogen) atoms. The molecule has 0 amide bonds. The highest BCUT2D eigenvalue weighted by Gasteiger charge is 2.24. The molecule has 0 spiro atoms. The van der Waals surface area contributed by atoms with Gasteiger partial charge in [0.15, 0.2) is 0 Å². The highest BCUT2D eigenvalue weighted by Crippen LogP contribution is 2.29. The number of aromatic nitrogens is 2. The third-order valence-electron chi connectivity index (χ3n) is 3.59. The van der Waals surface area contributed by atoms with Gasteiger partial charge < -0.3 is 4.40 Å². The molecule has 90 valence electrons. The summed E-state index contributed by atoms with van der Waals surface area (Å²) in [4.78, 5) is 6.96. The fraction of sp³-hybridized carbons (Fsp3) is 0.462. The van der Waals surface area contributed by atoms with Gasteiger partial charge in [0.2, 0.25) is 0 Å². The predicted octanol–water partition coefficient (Wildman–Crippen LogP) is 3.14. The van der Waals surface area contributed by atoms with Gasteiger partial charge in [-0.1, -0.05) is 18.0 Å². The number of pyridine rings is 1. The van der Waals surface area contributed by atoms with Crippen LogP contribution in [0.1, 0.15) is 31.1 Å². The summed E-state index contributed by atoms with van der Waals surface area (Å²) in [7, 11) is 2.18. The average Bonchev–Trinajstić information content (AvgIpc) is 2.72. The largest absolute Gasteiger partial charge is 0.301 e. The van der Waals surface area contributed by atoms with Crippen LogP contribution in [0, 0.1) is 0 Å². The number of hydrogen-bond donors (Lipinski definition) is 0. The van der Waals surface area contributed by atoms with Crippen molar-refractivity contribution in [1.82, 2.24) is 14.3 Å². The van der Waals surface area contributed by atoms with Crippen LogP contribution in [0.2, 0.25) is 5.02 Å². The van der Waals surface area contributed by atoms with Gasteiger partial charge in [-0.05, 0) is 38.6 Å². The summed E-state index contributed by atoms with van der Waals surface area (Å²) in [5, 5.41) is 0.759. The minimum absolute atomic E-state index is 0.421. The molecule has 4 heteroatoms. The summed E-state index contributed by atoms with van der Waals surface area (Å²) in [5.41, 5.74) is 1.11. The zero-order chi connectivity index (χ0) is 11.8. The Kier molecular flexibility index (Phi) is 2.81. The van der Waals surface area contributed by atoms with E-state index in [0.717, 1.165) is 22.9 Å². The zero-order valence-electron chi connectivity index (χ0n) is 9.93. The zero-order valence-corrected chi connectivity index (χ0v) is 10.7. The predicted molar refractivity (Wildman–Crippen MR) is 69.4 cm³/mol. The molecule has 2 aromatic heterocycles. The van der Waals surface area contributed by atoms with Crippen molar-refractivity contribution in [2.75, 3.05) is 13.6 Å². The van der Waals surface area contributed by atoms with Gasteiger partial charge >= 0.3 is 0 Å². The molecule has 1 atom stereocenters. The molecule has 0 N–H and O–H groups in total. The lowest BCUT2D eigenvalue weighted by atomic mass is 10.0. The van der Waals surface area contributed by atoms with E-state index in [-0.39, 0.29) is 0 Å². The van der Waals surface area contributed by atoms with Crippen LogP contribution in [-0.2, 0) is 0 Å². The van der Waals surface area contributed by atoms with Crippen LogP contribution >= 0.6 is 11.6 Å². The van der Waals surface area contributed by atoms with E-state index in [0.29, 0.717) is 6.04 Å². The first kappa shape index (κ1) is 11.1. The molecule has 0 radical (unpaired) electrons. The summed E-state index contributed by atoms with van der Waals surface area (Å²) in [5.74, 6) is 1.12. The van der Waals surface area contributed by atoms with Crippen molar-refractivity contribution in [3.8, 4) is 0 Å². The highest BCUT2D eigenvalue weighted by molar-refractivity contribution is 6.30. The number of imidazole rings is 1. The van der Waals surface area contributed by atoms with Crippen LogP contribution in [0.3, 0.4) is 0 Å². The van der Waals surface area contributed by atoms with Gasteiger partial charge in [-0.2, -0.15) is 0 Å². The Morgan fingerprint density at radius 1 is 1.35 bits per heavy atom. The van der Waals surface area contributed by atoms with Gasteiger partial charge in [-0.3, -0.25) is 4.90 Å². The Balaban J connectivity index is 2.07. The number of rotatable bonds is 1. The first-order valence-corrected chi connectivity index (χ1v) is 6.46. The van der Waals surface area contributed by atoms with E-state index < -0.39 is 0 Å². The molecule has 3 heterocycles. The number of piperidine rings is 1. The molecule has 3 nitrogen and oxygen atoms in total. The van der Waals surface area contributed by atoms with Crippen LogP contribution in [-0.4, -0.2) is 27.9 Å². The first-order chi connectivity index (χ1) is 8.25. The lowest BCUT2D eigenvalue weighted by Gasteiger charge is -2.31. The number of fused-ring (bicyclic) bond motifs is 1. The molecule has 0 bridgehead atoms. The number of halogens is 1. The molecule has 0 aliphatic carbocycles. The van der Waals surface area contributed by atoms with E-state index >= 15 is 0 Å². The summed E-state index contributed by atoms with van der Waals surface area (Å²) < 4.78 is 2.12. The lowest BCUT2D eigenvalue weighted by Crippen LogP contribution is -2.30.